The first-order valence-corrected chi connectivity index (χ1v) is 21.7. The molecule has 1 aliphatic rings. The minimum absolute atomic E-state index is 0.293. The van der Waals surface area contributed by atoms with Crippen LogP contribution in [0.25, 0.3) is 0 Å². The van der Waals surface area contributed by atoms with E-state index in [4.69, 9.17) is 17.7 Å². The molecule has 1 saturated carbocycles. The van der Waals surface area contributed by atoms with Crippen molar-refractivity contribution in [3.05, 3.63) is 24.3 Å². The maximum atomic E-state index is 12.4. The van der Waals surface area contributed by atoms with E-state index in [0.717, 1.165) is 12.5 Å². The van der Waals surface area contributed by atoms with Gasteiger partial charge in [-0.2, -0.15) is 0 Å². The van der Waals surface area contributed by atoms with Gasteiger partial charge in [0.05, 0.1) is 0 Å². The van der Waals surface area contributed by atoms with Crippen molar-refractivity contribution in [3.8, 4) is 0 Å². The van der Waals surface area contributed by atoms with E-state index in [-0.39, 0.29) is 0 Å². The van der Waals surface area contributed by atoms with Crippen LogP contribution < -0.4 is 0 Å². The topological polar surface area (TPSA) is 71.1 Å². The monoisotopic (exact) mass is 528 g/mol. The Labute approximate surface area is 211 Å². The molecular formula is C25H48O6Si3. The van der Waals surface area contributed by atoms with E-state index in [1.807, 2.05) is 6.92 Å². The molecule has 1 fully saturated rings. The molecule has 0 amide bonds. The highest BCUT2D eigenvalue weighted by Gasteiger charge is 2.49. The van der Waals surface area contributed by atoms with Crippen molar-refractivity contribution >= 4 is 37.1 Å². The summed E-state index contributed by atoms with van der Waals surface area (Å²) < 4.78 is 25.1. The Morgan fingerprint density at radius 1 is 0.941 bits per heavy atom. The number of carbonyl (C=O) groups excluding carboxylic acids is 2. The van der Waals surface area contributed by atoms with Crippen LogP contribution in [0.2, 0.25) is 51.9 Å². The lowest BCUT2D eigenvalue weighted by Crippen LogP contribution is -2.54. The fourth-order valence-electron chi connectivity index (χ4n) is 4.76. The highest BCUT2D eigenvalue weighted by Crippen LogP contribution is 2.43. The first kappa shape index (κ1) is 31.0. The van der Waals surface area contributed by atoms with Crippen molar-refractivity contribution < 1.29 is 27.3 Å². The van der Waals surface area contributed by atoms with Crippen LogP contribution in [-0.2, 0) is 27.3 Å². The lowest BCUT2D eigenvalue weighted by atomic mass is 9.73. The third-order valence-electron chi connectivity index (χ3n) is 6.02. The third kappa shape index (κ3) is 9.93. The van der Waals surface area contributed by atoms with E-state index in [2.05, 4.69) is 65.9 Å². The molecule has 0 aromatic carbocycles. The molecule has 0 saturated heterocycles. The van der Waals surface area contributed by atoms with E-state index in [1.54, 1.807) is 13.8 Å². The number of carbonyl (C=O) groups is 2. The number of rotatable bonds is 11. The summed E-state index contributed by atoms with van der Waals surface area (Å²) in [5.41, 5.74) is -0.242. The van der Waals surface area contributed by atoms with Crippen LogP contribution in [0.5, 0.6) is 0 Å². The van der Waals surface area contributed by atoms with E-state index < -0.39 is 48.8 Å². The van der Waals surface area contributed by atoms with Crippen LogP contribution in [0, 0.1) is 11.8 Å². The van der Waals surface area contributed by atoms with Crippen LogP contribution in [0.4, 0.5) is 0 Å². The van der Waals surface area contributed by atoms with Gasteiger partial charge in [0.2, 0.25) is 0 Å². The molecule has 0 aromatic heterocycles. The Morgan fingerprint density at radius 2 is 1.41 bits per heavy atom. The molecule has 4 atom stereocenters. The molecule has 0 bridgehead atoms. The molecule has 1 aliphatic carbocycles. The van der Waals surface area contributed by atoms with Crippen LogP contribution in [0.3, 0.4) is 0 Å². The van der Waals surface area contributed by atoms with Crippen LogP contribution in [0.15, 0.2) is 24.3 Å². The van der Waals surface area contributed by atoms with Gasteiger partial charge in [0.25, 0.3) is 0 Å². The average molecular weight is 529 g/mol. The summed E-state index contributed by atoms with van der Waals surface area (Å²) in [6, 6.07) is 0.885. The van der Waals surface area contributed by atoms with Crippen LogP contribution in [-0.4, -0.2) is 48.8 Å². The van der Waals surface area contributed by atoms with E-state index >= 15 is 0 Å². The molecule has 0 radical (unpaired) electrons. The summed E-state index contributed by atoms with van der Waals surface area (Å²) in [5.74, 6) is -0.310. The quantitative estimate of drug-likeness (QED) is 0.172. The normalized spacial score (nSPS) is 24.8. The first-order valence-electron chi connectivity index (χ1n) is 12.3. The zero-order chi connectivity index (χ0) is 26.7. The Morgan fingerprint density at radius 3 is 1.82 bits per heavy atom. The summed E-state index contributed by atoms with van der Waals surface area (Å²) in [6.45, 7) is 30.2. The zero-order valence-electron chi connectivity index (χ0n) is 23.4. The fourth-order valence-corrected chi connectivity index (χ4v) is 17.8. The highest BCUT2D eigenvalue weighted by atomic mass is 28.5. The molecule has 0 N–H and O–H groups in total. The van der Waals surface area contributed by atoms with E-state index in [1.165, 1.54) is 0 Å². The van der Waals surface area contributed by atoms with Gasteiger partial charge >= 0.3 is 20.5 Å². The molecule has 4 unspecified atom stereocenters. The summed E-state index contributed by atoms with van der Waals surface area (Å²) in [7, 11) is -6.00. The minimum Gasteiger partial charge on any atom is -0.455 e. The second-order valence-electron chi connectivity index (χ2n) is 12.4. The maximum Gasteiger partial charge on any atom is 0.333 e. The van der Waals surface area contributed by atoms with Crippen LogP contribution >= 0.6 is 0 Å². The molecule has 196 valence electrons. The largest absolute Gasteiger partial charge is 0.455 e. The van der Waals surface area contributed by atoms with Gasteiger partial charge in [0, 0.05) is 11.1 Å². The molecule has 0 spiro atoms. The van der Waals surface area contributed by atoms with E-state index in [0.29, 0.717) is 35.8 Å². The zero-order valence-corrected chi connectivity index (χ0v) is 26.4. The Bertz CT molecular complexity index is 767. The summed E-state index contributed by atoms with van der Waals surface area (Å²) in [4.78, 5) is 24.8. The first-order chi connectivity index (χ1) is 15.2. The second kappa shape index (κ2) is 11.4. The van der Waals surface area contributed by atoms with Gasteiger partial charge in [-0.15, -0.1) is 0 Å². The average Bonchev–Trinajstić information content (AvgIpc) is 2.59. The molecule has 9 heteroatoms. The van der Waals surface area contributed by atoms with Gasteiger partial charge in [-0.3, -0.25) is 0 Å². The predicted octanol–water partition coefficient (Wildman–Crippen LogP) is 6.56. The molecule has 34 heavy (non-hydrogen) atoms. The lowest BCUT2D eigenvalue weighted by Gasteiger charge is -2.46. The Balaban J connectivity index is 3.14. The number of ether oxygens (including phenoxy) is 2. The van der Waals surface area contributed by atoms with Gasteiger partial charge in [-0.05, 0) is 104 Å². The Kier molecular flexibility index (Phi) is 10.4. The van der Waals surface area contributed by atoms with Crippen molar-refractivity contribution in [1.29, 1.82) is 0 Å². The highest BCUT2D eigenvalue weighted by molar-refractivity contribution is 6.87. The molecule has 0 aromatic rings. The number of hydrogen-bond acceptors (Lipinski definition) is 6. The minimum atomic E-state index is -2.41. The molecule has 0 aliphatic heterocycles. The van der Waals surface area contributed by atoms with Crippen molar-refractivity contribution in [2.24, 2.45) is 11.8 Å². The number of esters is 2. The maximum absolute atomic E-state index is 12.4. The molecule has 0 heterocycles. The van der Waals surface area contributed by atoms with Gasteiger partial charge in [-0.1, -0.05) is 20.1 Å². The van der Waals surface area contributed by atoms with Crippen molar-refractivity contribution in [1.82, 2.24) is 0 Å². The fraction of sp³-hybridized carbons (Fsp3) is 0.760. The standard InChI is InChI=1S/C25H48O6Si3/c1-18(2)23(26)28-22-16-21(14-15-25(22,6)29-24(27)19(3)4)20(5)17-34(13,30-32(7,8)9)31-33(10,11)12/h20-22H,1,3,14-17H2,2,4-13H3. The van der Waals surface area contributed by atoms with Gasteiger partial charge < -0.3 is 17.7 Å². The van der Waals surface area contributed by atoms with Gasteiger partial charge in [0.15, 0.2) is 16.6 Å². The van der Waals surface area contributed by atoms with Crippen molar-refractivity contribution in [3.63, 3.8) is 0 Å². The molecule has 1 rings (SSSR count). The summed E-state index contributed by atoms with van der Waals surface area (Å²) >= 11 is 0. The predicted molar refractivity (Wildman–Crippen MR) is 146 cm³/mol. The smallest absolute Gasteiger partial charge is 0.333 e. The second-order valence-corrected chi connectivity index (χ2v) is 25.2. The van der Waals surface area contributed by atoms with Crippen LogP contribution in [0.1, 0.15) is 47.0 Å². The summed E-state index contributed by atoms with van der Waals surface area (Å²) in [5, 5.41) is 0. The van der Waals surface area contributed by atoms with E-state index in [9.17, 15) is 9.59 Å². The third-order valence-corrected chi connectivity index (χ3v) is 15.8. The van der Waals surface area contributed by atoms with Crippen molar-refractivity contribution in [2.45, 2.75) is 111 Å². The SMILES string of the molecule is C=C(C)C(=O)OC1CC(C(C)C[Si](C)(O[Si](C)(C)C)O[Si](C)(C)C)CCC1(C)OC(=O)C(=C)C. The lowest BCUT2D eigenvalue weighted by molar-refractivity contribution is -0.189. The molecular weight excluding hydrogens is 481 g/mol. The Hall–Kier alpha value is -1.01. The van der Waals surface area contributed by atoms with Gasteiger partial charge in [-0.25, -0.2) is 9.59 Å². The number of hydrogen-bond donors (Lipinski definition) is 0. The van der Waals surface area contributed by atoms with Crippen molar-refractivity contribution in [2.75, 3.05) is 0 Å². The van der Waals surface area contributed by atoms with Gasteiger partial charge in [0.1, 0.15) is 11.7 Å². The molecule has 6 nitrogen and oxygen atoms in total. The summed E-state index contributed by atoms with van der Waals surface area (Å²) in [6.07, 6.45) is 1.54.